The summed E-state index contributed by atoms with van der Waals surface area (Å²) in [5.74, 6) is 1.07. The summed E-state index contributed by atoms with van der Waals surface area (Å²) in [7, 11) is 3.38. The second-order valence-corrected chi connectivity index (χ2v) is 5.23. The van der Waals surface area contributed by atoms with E-state index in [0.717, 1.165) is 0 Å². The predicted octanol–water partition coefficient (Wildman–Crippen LogP) is 0.894. The van der Waals surface area contributed by atoms with Gasteiger partial charge in [0.05, 0.1) is 19.2 Å². The van der Waals surface area contributed by atoms with Crippen LogP contribution in [0.4, 0.5) is 5.69 Å². The number of carbonyl (C=O) groups excluding carboxylic acids is 1. The molecule has 0 spiro atoms. The van der Waals surface area contributed by atoms with Crippen molar-refractivity contribution >= 4 is 11.6 Å². The Hall–Kier alpha value is -3.23. The van der Waals surface area contributed by atoms with Gasteiger partial charge in [-0.3, -0.25) is 9.48 Å². The van der Waals surface area contributed by atoms with Gasteiger partial charge >= 0.3 is 0 Å². The zero-order valence-electron chi connectivity index (χ0n) is 13.6. The number of methoxy groups -OCH3 is 1. The Kier molecular flexibility index (Phi) is 4.23. The molecule has 0 atom stereocenters. The number of ether oxygens (including phenoxy) is 1. The lowest BCUT2D eigenvalue weighted by Crippen LogP contribution is -2.15. The molecule has 0 aliphatic carbocycles. The zero-order valence-corrected chi connectivity index (χ0v) is 13.6. The molecule has 9 nitrogen and oxygen atoms in total. The smallest absolute Gasteiger partial charge is 0.230 e. The van der Waals surface area contributed by atoms with E-state index in [1.54, 1.807) is 47.8 Å². The second kappa shape index (κ2) is 6.49. The summed E-state index contributed by atoms with van der Waals surface area (Å²) in [5.41, 5.74) is 1.98. The number of nitrogens with one attached hydrogen (secondary N) is 1. The molecule has 1 aromatic carbocycles. The highest BCUT2D eigenvalue weighted by Gasteiger charge is 2.13. The highest BCUT2D eigenvalue weighted by Crippen LogP contribution is 2.26. The van der Waals surface area contributed by atoms with Crippen molar-refractivity contribution in [2.75, 3.05) is 12.4 Å². The molecule has 0 saturated heterocycles. The van der Waals surface area contributed by atoms with E-state index in [1.165, 1.54) is 0 Å². The number of aryl methyl sites for hydroxylation is 2. The first-order valence-corrected chi connectivity index (χ1v) is 7.28. The Balaban J connectivity index is 1.81. The Morgan fingerprint density at radius 1 is 1.33 bits per heavy atom. The maximum Gasteiger partial charge on any atom is 0.230 e. The molecule has 1 N–H and O–H groups in total. The van der Waals surface area contributed by atoms with Crippen LogP contribution in [0.1, 0.15) is 11.5 Å². The molecule has 2 heterocycles. The van der Waals surface area contributed by atoms with Gasteiger partial charge in [-0.05, 0) is 41.6 Å². The van der Waals surface area contributed by atoms with Gasteiger partial charge in [0, 0.05) is 18.9 Å². The van der Waals surface area contributed by atoms with E-state index in [9.17, 15) is 4.79 Å². The summed E-state index contributed by atoms with van der Waals surface area (Å²) in [5, 5.41) is 18.5. The quantitative estimate of drug-likeness (QED) is 0.747. The van der Waals surface area contributed by atoms with Crippen molar-refractivity contribution in [1.82, 2.24) is 30.0 Å². The number of hydrogen-bond acceptors (Lipinski definition) is 6. The number of nitrogens with zero attached hydrogens (tertiary/aromatic N) is 6. The summed E-state index contributed by atoms with van der Waals surface area (Å²) < 4.78 is 8.55. The SMILES string of the molecule is COc1ccc(NC(=O)Cc2ccn(C)n2)cc1-n1nnnc1C. The van der Waals surface area contributed by atoms with E-state index in [0.29, 0.717) is 28.6 Å². The van der Waals surface area contributed by atoms with E-state index in [-0.39, 0.29) is 12.3 Å². The fraction of sp³-hybridized carbons (Fsp3) is 0.267. The molecule has 0 saturated carbocycles. The first-order chi connectivity index (χ1) is 11.6. The molecule has 24 heavy (non-hydrogen) atoms. The van der Waals surface area contributed by atoms with Crippen molar-refractivity contribution in [3.63, 3.8) is 0 Å². The lowest BCUT2D eigenvalue weighted by molar-refractivity contribution is -0.115. The van der Waals surface area contributed by atoms with Crippen LogP contribution in [0.2, 0.25) is 0 Å². The number of benzene rings is 1. The maximum atomic E-state index is 12.2. The predicted molar refractivity (Wildman–Crippen MR) is 86.0 cm³/mol. The average Bonchev–Trinajstić information content (AvgIpc) is 3.15. The van der Waals surface area contributed by atoms with Gasteiger partial charge in [0.1, 0.15) is 11.4 Å². The second-order valence-electron chi connectivity index (χ2n) is 5.23. The molecule has 0 aliphatic heterocycles. The maximum absolute atomic E-state index is 12.2. The van der Waals surface area contributed by atoms with E-state index in [1.807, 2.05) is 13.1 Å². The summed E-state index contributed by atoms with van der Waals surface area (Å²) >= 11 is 0. The average molecular weight is 327 g/mol. The third-order valence-corrected chi connectivity index (χ3v) is 3.43. The minimum atomic E-state index is -0.154. The summed E-state index contributed by atoms with van der Waals surface area (Å²) in [4.78, 5) is 12.2. The molecule has 124 valence electrons. The molecule has 2 aromatic heterocycles. The first kappa shape index (κ1) is 15.7. The molecular formula is C15H17N7O2. The van der Waals surface area contributed by atoms with Gasteiger partial charge in [0.25, 0.3) is 0 Å². The van der Waals surface area contributed by atoms with Crippen molar-refractivity contribution in [1.29, 1.82) is 0 Å². The van der Waals surface area contributed by atoms with Crippen molar-refractivity contribution in [3.8, 4) is 11.4 Å². The van der Waals surface area contributed by atoms with Crippen LogP contribution >= 0.6 is 0 Å². The van der Waals surface area contributed by atoms with E-state index >= 15 is 0 Å². The third kappa shape index (κ3) is 3.24. The number of tetrazole rings is 1. The van der Waals surface area contributed by atoms with Crippen LogP contribution in [-0.2, 0) is 18.3 Å². The highest BCUT2D eigenvalue weighted by molar-refractivity contribution is 5.92. The van der Waals surface area contributed by atoms with Gasteiger partial charge in [-0.1, -0.05) is 0 Å². The lowest BCUT2D eigenvalue weighted by Gasteiger charge is -2.11. The van der Waals surface area contributed by atoms with Crippen LogP contribution < -0.4 is 10.1 Å². The molecule has 0 bridgehead atoms. The van der Waals surface area contributed by atoms with Gasteiger partial charge in [-0.25, -0.2) is 0 Å². The Morgan fingerprint density at radius 3 is 2.79 bits per heavy atom. The van der Waals surface area contributed by atoms with Crippen molar-refractivity contribution in [3.05, 3.63) is 42.0 Å². The molecule has 9 heteroatoms. The van der Waals surface area contributed by atoms with Crippen LogP contribution in [0, 0.1) is 6.92 Å². The monoisotopic (exact) mass is 327 g/mol. The van der Waals surface area contributed by atoms with E-state index < -0.39 is 0 Å². The molecule has 3 rings (SSSR count). The number of aromatic nitrogens is 6. The molecule has 1 amide bonds. The fourth-order valence-corrected chi connectivity index (χ4v) is 2.31. The van der Waals surface area contributed by atoms with Gasteiger partial charge in [-0.2, -0.15) is 9.78 Å². The minimum absolute atomic E-state index is 0.154. The van der Waals surface area contributed by atoms with Crippen molar-refractivity contribution in [2.24, 2.45) is 7.05 Å². The Morgan fingerprint density at radius 2 is 2.17 bits per heavy atom. The van der Waals surface area contributed by atoms with E-state index in [4.69, 9.17) is 4.74 Å². The number of anilines is 1. The normalized spacial score (nSPS) is 10.6. The largest absolute Gasteiger partial charge is 0.494 e. The topological polar surface area (TPSA) is 99.8 Å². The number of hydrogen-bond donors (Lipinski definition) is 1. The molecule has 0 fully saturated rings. The van der Waals surface area contributed by atoms with Crippen molar-refractivity contribution in [2.45, 2.75) is 13.3 Å². The summed E-state index contributed by atoms with van der Waals surface area (Å²) in [6, 6.07) is 7.09. The number of carbonyl (C=O) groups is 1. The summed E-state index contributed by atoms with van der Waals surface area (Å²) in [6.45, 7) is 1.78. The molecule has 0 aliphatic rings. The number of amides is 1. The molecular weight excluding hydrogens is 310 g/mol. The summed E-state index contributed by atoms with van der Waals surface area (Å²) in [6.07, 6.45) is 2.00. The van der Waals surface area contributed by atoms with Gasteiger partial charge in [0.2, 0.25) is 5.91 Å². The highest BCUT2D eigenvalue weighted by atomic mass is 16.5. The van der Waals surface area contributed by atoms with Crippen LogP contribution in [-0.4, -0.2) is 43.0 Å². The van der Waals surface area contributed by atoms with E-state index in [2.05, 4.69) is 25.9 Å². The number of rotatable bonds is 5. The van der Waals surface area contributed by atoms with Crippen LogP contribution in [0.15, 0.2) is 30.5 Å². The minimum Gasteiger partial charge on any atom is -0.494 e. The van der Waals surface area contributed by atoms with Gasteiger partial charge in [0.15, 0.2) is 5.82 Å². The molecule has 0 unspecified atom stereocenters. The van der Waals surface area contributed by atoms with Gasteiger partial charge < -0.3 is 10.1 Å². The van der Waals surface area contributed by atoms with Crippen LogP contribution in [0.3, 0.4) is 0 Å². The first-order valence-electron chi connectivity index (χ1n) is 7.28. The van der Waals surface area contributed by atoms with Crippen LogP contribution in [0.5, 0.6) is 5.75 Å². The standard InChI is InChI=1S/C15H17N7O2/c1-10-17-19-20-22(10)13-8-11(4-5-14(13)24-3)16-15(23)9-12-6-7-21(2)18-12/h4-8H,9H2,1-3H3,(H,16,23). The van der Waals surface area contributed by atoms with Crippen molar-refractivity contribution < 1.29 is 9.53 Å². The molecule has 3 aromatic rings. The van der Waals surface area contributed by atoms with Crippen LogP contribution in [0.25, 0.3) is 5.69 Å². The third-order valence-electron chi connectivity index (χ3n) is 3.43. The fourth-order valence-electron chi connectivity index (χ4n) is 2.31. The Bertz CT molecular complexity index is 868. The van der Waals surface area contributed by atoms with Gasteiger partial charge in [-0.15, -0.1) is 5.10 Å². The molecule has 0 radical (unpaired) electrons. The Labute approximate surface area is 138 Å². The zero-order chi connectivity index (χ0) is 17.1. The lowest BCUT2D eigenvalue weighted by atomic mass is 10.2.